The number of aryl methyl sites for hydroxylation is 1. The van der Waals surface area contributed by atoms with Crippen molar-refractivity contribution in [3.8, 4) is 22.7 Å². The minimum Gasteiger partial charge on any atom is -0.421 e. The van der Waals surface area contributed by atoms with E-state index in [9.17, 15) is 9.59 Å². The third-order valence-electron chi connectivity index (χ3n) is 4.68. The standard InChI is InChI=1S/C22H21N5O3S2/c1-13(23-14(2)28)15-3-5-16(6-4-15)18-12-32-22(24-18)25-19(29)7-8-20-26-27-21(30-20)17-9-10-31-11-17/h3-6,9-13H,7-8H2,1-2H3,(H,23,28)(H,24,25,29). The average molecular weight is 468 g/mol. The van der Waals surface area contributed by atoms with Gasteiger partial charge in [-0.3, -0.25) is 9.59 Å². The van der Waals surface area contributed by atoms with E-state index in [1.165, 1.54) is 18.3 Å². The van der Waals surface area contributed by atoms with Crippen LogP contribution in [-0.4, -0.2) is 27.0 Å². The lowest BCUT2D eigenvalue weighted by Crippen LogP contribution is -2.23. The summed E-state index contributed by atoms with van der Waals surface area (Å²) >= 11 is 2.92. The van der Waals surface area contributed by atoms with Crippen LogP contribution in [0.25, 0.3) is 22.7 Å². The largest absolute Gasteiger partial charge is 0.421 e. The zero-order valence-electron chi connectivity index (χ0n) is 17.5. The summed E-state index contributed by atoms with van der Waals surface area (Å²) < 4.78 is 5.61. The monoisotopic (exact) mass is 467 g/mol. The van der Waals surface area contributed by atoms with Crippen molar-refractivity contribution in [3.05, 3.63) is 57.9 Å². The zero-order chi connectivity index (χ0) is 22.5. The summed E-state index contributed by atoms with van der Waals surface area (Å²) in [6.45, 7) is 3.43. The Morgan fingerprint density at radius 1 is 1.09 bits per heavy atom. The molecule has 0 bridgehead atoms. The van der Waals surface area contributed by atoms with E-state index in [4.69, 9.17) is 4.42 Å². The topological polar surface area (TPSA) is 110 Å². The molecule has 32 heavy (non-hydrogen) atoms. The van der Waals surface area contributed by atoms with Gasteiger partial charge in [-0.15, -0.1) is 21.5 Å². The van der Waals surface area contributed by atoms with Gasteiger partial charge in [0.2, 0.25) is 23.6 Å². The Bertz CT molecular complexity index is 1200. The molecule has 0 spiro atoms. The van der Waals surface area contributed by atoms with E-state index in [0.29, 0.717) is 23.3 Å². The summed E-state index contributed by atoms with van der Waals surface area (Å²) in [4.78, 5) is 28.0. The number of nitrogens with zero attached hydrogens (tertiary/aromatic N) is 3. The smallest absolute Gasteiger partial charge is 0.248 e. The van der Waals surface area contributed by atoms with Crippen LogP contribution in [0.3, 0.4) is 0 Å². The molecule has 1 atom stereocenters. The highest BCUT2D eigenvalue weighted by molar-refractivity contribution is 7.14. The van der Waals surface area contributed by atoms with Crippen LogP contribution >= 0.6 is 22.7 Å². The molecule has 0 aliphatic rings. The first kappa shape index (κ1) is 21.8. The van der Waals surface area contributed by atoms with Gasteiger partial charge < -0.3 is 15.1 Å². The number of rotatable bonds is 8. The van der Waals surface area contributed by atoms with E-state index in [1.807, 2.05) is 53.4 Å². The highest BCUT2D eigenvalue weighted by Crippen LogP contribution is 2.26. The number of nitrogens with one attached hydrogen (secondary N) is 2. The Hall–Kier alpha value is -3.37. The van der Waals surface area contributed by atoms with Crippen molar-refractivity contribution in [1.82, 2.24) is 20.5 Å². The Labute approximate surface area is 192 Å². The molecule has 0 saturated heterocycles. The van der Waals surface area contributed by atoms with Crippen molar-refractivity contribution in [3.63, 3.8) is 0 Å². The Morgan fingerprint density at radius 3 is 2.62 bits per heavy atom. The van der Waals surface area contributed by atoms with Crippen molar-refractivity contribution < 1.29 is 14.0 Å². The maximum absolute atomic E-state index is 12.3. The number of hydrogen-bond donors (Lipinski definition) is 2. The van der Waals surface area contributed by atoms with Gasteiger partial charge in [-0.05, 0) is 23.9 Å². The fourth-order valence-corrected chi connectivity index (χ4v) is 4.42. The van der Waals surface area contributed by atoms with Gasteiger partial charge in [0.1, 0.15) is 0 Å². The van der Waals surface area contributed by atoms with Crippen LogP contribution in [0.4, 0.5) is 5.13 Å². The van der Waals surface area contributed by atoms with Crippen molar-refractivity contribution in [1.29, 1.82) is 0 Å². The van der Waals surface area contributed by atoms with Crippen LogP contribution in [0.1, 0.15) is 37.8 Å². The Balaban J connectivity index is 1.31. The maximum atomic E-state index is 12.3. The molecular formula is C22H21N5O3S2. The summed E-state index contributed by atoms with van der Waals surface area (Å²) in [7, 11) is 0. The van der Waals surface area contributed by atoms with E-state index in [-0.39, 0.29) is 24.3 Å². The van der Waals surface area contributed by atoms with Gasteiger partial charge >= 0.3 is 0 Å². The van der Waals surface area contributed by atoms with Crippen LogP contribution in [0.15, 0.2) is 50.9 Å². The van der Waals surface area contributed by atoms with Crippen LogP contribution in [0, 0.1) is 0 Å². The molecule has 164 valence electrons. The molecule has 0 saturated carbocycles. The predicted octanol–water partition coefficient (Wildman–Crippen LogP) is 4.69. The molecule has 4 aromatic rings. The minimum absolute atomic E-state index is 0.0630. The number of benzene rings is 1. The summed E-state index contributed by atoms with van der Waals surface area (Å²) in [5, 5.41) is 20.0. The maximum Gasteiger partial charge on any atom is 0.248 e. The van der Waals surface area contributed by atoms with Crippen molar-refractivity contribution in [2.24, 2.45) is 0 Å². The van der Waals surface area contributed by atoms with Crippen molar-refractivity contribution >= 4 is 39.6 Å². The van der Waals surface area contributed by atoms with Crippen LogP contribution < -0.4 is 10.6 Å². The van der Waals surface area contributed by atoms with Gasteiger partial charge in [0.15, 0.2) is 5.13 Å². The van der Waals surface area contributed by atoms with Crippen molar-refractivity contribution in [2.45, 2.75) is 32.7 Å². The Kier molecular flexibility index (Phi) is 6.72. The summed E-state index contributed by atoms with van der Waals surface area (Å²) in [5.41, 5.74) is 3.61. The number of thiophene rings is 1. The van der Waals surface area contributed by atoms with E-state index in [2.05, 4.69) is 25.8 Å². The second-order valence-electron chi connectivity index (χ2n) is 7.14. The van der Waals surface area contributed by atoms with Gasteiger partial charge in [-0.25, -0.2) is 4.98 Å². The summed E-state index contributed by atoms with van der Waals surface area (Å²) in [6.07, 6.45) is 0.574. The number of carbonyl (C=O) groups excluding carboxylic acids is 2. The molecule has 4 rings (SSSR count). The van der Waals surface area contributed by atoms with E-state index >= 15 is 0 Å². The first-order chi connectivity index (χ1) is 15.5. The summed E-state index contributed by atoms with van der Waals surface area (Å²) in [5.74, 6) is 0.655. The molecule has 3 aromatic heterocycles. The van der Waals surface area contributed by atoms with E-state index < -0.39 is 0 Å². The second-order valence-corrected chi connectivity index (χ2v) is 8.78. The molecule has 3 heterocycles. The number of hydrogen-bond acceptors (Lipinski definition) is 8. The molecule has 1 aromatic carbocycles. The lowest BCUT2D eigenvalue weighted by Gasteiger charge is -2.12. The first-order valence-electron chi connectivity index (χ1n) is 9.95. The highest BCUT2D eigenvalue weighted by atomic mass is 32.1. The number of aromatic nitrogens is 3. The molecular weight excluding hydrogens is 446 g/mol. The second kappa shape index (κ2) is 9.84. The molecule has 2 N–H and O–H groups in total. The molecule has 0 aliphatic heterocycles. The number of thiazole rings is 1. The number of amides is 2. The van der Waals surface area contributed by atoms with Gasteiger partial charge in [-0.2, -0.15) is 11.3 Å². The predicted molar refractivity (Wildman–Crippen MR) is 124 cm³/mol. The van der Waals surface area contributed by atoms with Crippen molar-refractivity contribution in [2.75, 3.05) is 5.32 Å². The minimum atomic E-state index is -0.166. The van der Waals surface area contributed by atoms with Crippen LogP contribution in [-0.2, 0) is 16.0 Å². The fourth-order valence-electron chi connectivity index (χ4n) is 3.05. The summed E-state index contributed by atoms with van der Waals surface area (Å²) in [6, 6.07) is 9.67. The van der Waals surface area contributed by atoms with Gasteiger partial charge in [0.05, 0.1) is 11.7 Å². The zero-order valence-corrected chi connectivity index (χ0v) is 19.1. The number of anilines is 1. The van der Waals surface area contributed by atoms with Gasteiger partial charge in [0, 0.05) is 41.7 Å². The molecule has 2 amide bonds. The van der Waals surface area contributed by atoms with Gasteiger partial charge in [0.25, 0.3) is 0 Å². The third-order valence-corrected chi connectivity index (χ3v) is 6.12. The SMILES string of the molecule is CC(=O)NC(C)c1ccc(-c2csc(NC(=O)CCc3nnc(-c4ccsc4)o3)n2)cc1. The molecule has 0 radical (unpaired) electrons. The molecule has 8 nitrogen and oxygen atoms in total. The molecule has 0 aliphatic carbocycles. The lowest BCUT2D eigenvalue weighted by atomic mass is 10.1. The van der Waals surface area contributed by atoms with Crippen LogP contribution in [0.2, 0.25) is 0 Å². The third kappa shape index (κ3) is 5.45. The lowest BCUT2D eigenvalue weighted by molar-refractivity contribution is -0.119. The van der Waals surface area contributed by atoms with Gasteiger partial charge in [-0.1, -0.05) is 24.3 Å². The first-order valence-corrected chi connectivity index (χ1v) is 11.8. The van der Waals surface area contributed by atoms with Crippen LogP contribution in [0.5, 0.6) is 0 Å². The van der Waals surface area contributed by atoms with E-state index in [0.717, 1.165) is 22.4 Å². The quantitative estimate of drug-likeness (QED) is 0.389. The number of carbonyl (C=O) groups is 2. The fraction of sp³-hybridized carbons (Fsp3) is 0.227. The highest BCUT2D eigenvalue weighted by Gasteiger charge is 2.13. The molecule has 0 fully saturated rings. The van der Waals surface area contributed by atoms with E-state index in [1.54, 1.807) is 11.3 Å². The Morgan fingerprint density at radius 2 is 1.91 bits per heavy atom. The normalized spacial score (nSPS) is 11.8. The molecule has 10 heteroatoms. The molecule has 1 unspecified atom stereocenters. The average Bonchev–Trinajstić information content (AvgIpc) is 3.53.